The molecule has 2 saturated heterocycles. The van der Waals surface area contributed by atoms with Crippen LogP contribution in [0.2, 0.25) is 0 Å². The van der Waals surface area contributed by atoms with Crippen molar-refractivity contribution in [3.63, 3.8) is 0 Å². The number of nitrogens with zero attached hydrogens (tertiary/aromatic N) is 1. The number of aliphatic hydroxyl groups excluding tert-OH is 1. The number of benzene rings is 1. The summed E-state index contributed by atoms with van der Waals surface area (Å²) in [5.41, 5.74) is -1.12. The van der Waals surface area contributed by atoms with E-state index in [9.17, 15) is 18.7 Å². The SMILES string of the molecule is O=C(c1c(F)cccc1F)N1CCC2(CC1)OCCC[C@H]2O. The number of aliphatic hydroxyl groups is 1. The number of carbonyl (C=O) groups excluding carboxylic acids is 1. The highest BCUT2D eigenvalue weighted by atomic mass is 19.1. The van der Waals surface area contributed by atoms with Crippen molar-refractivity contribution in [3.05, 3.63) is 35.4 Å². The molecule has 0 aromatic heterocycles. The molecule has 0 aliphatic carbocycles. The number of hydrogen-bond acceptors (Lipinski definition) is 3. The third-order valence-electron chi connectivity index (χ3n) is 4.69. The summed E-state index contributed by atoms with van der Waals surface area (Å²) >= 11 is 0. The molecule has 2 fully saturated rings. The minimum atomic E-state index is -0.848. The Morgan fingerprint density at radius 2 is 1.91 bits per heavy atom. The van der Waals surface area contributed by atoms with E-state index in [1.807, 2.05) is 0 Å². The van der Waals surface area contributed by atoms with Gasteiger partial charge in [-0.1, -0.05) is 6.07 Å². The van der Waals surface area contributed by atoms with Crippen molar-refractivity contribution in [1.82, 2.24) is 4.90 Å². The number of likely N-dealkylation sites (tertiary alicyclic amines) is 1. The van der Waals surface area contributed by atoms with E-state index in [0.717, 1.165) is 18.6 Å². The second-order valence-electron chi connectivity index (χ2n) is 5.96. The smallest absolute Gasteiger partial charge is 0.259 e. The molecule has 1 aromatic rings. The van der Waals surface area contributed by atoms with Gasteiger partial charge in [-0.05, 0) is 37.8 Å². The molecule has 4 nitrogen and oxygen atoms in total. The van der Waals surface area contributed by atoms with Crippen LogP contribution in [0.4, 0.5) is 8.78 Å². The first kappa shape index (κ1) is 15.4. The highest BCUT2D eigenvalue weighted by molar-refractivity contribution is 5.94. The van der Waals surface area contributed by atoms with Gasteiger partial charge in [0.25, 0.3) is 5.91 Å². The predicted molar refractivity (Wildman–Crippen MR) is 75.4 cm³/mol. The quantitative estimate of drug-likeness (QED) is 0.864. The van der Waals surface area contributed by atoms with Crippen molar-refractivity contribution in [2.75, 3.05) is 19.7 Å². The Kier molecular flexibility index (Phi) is 4.14. The second kappa shape index (κ2) is 5.93. The molecule has 2 aliphatic rings. The molecule has 1 amide bonds. The van der Waals surface area contributed by atoms with Crippen LogP contribution in [-0.2, 0) is 4.74 Å². The third kappa shape index (κ3) is 2.61. The van der Waals surface area contributed by atoms with Crippen LogP contribution in [0, 0.1) is 11.6 Å². The van der Waals surface area contributed by atoms with Crippen molar-refractivity contribution in [1.29, 1.82) is 0 Å². The molecule has 2 heterocycles. The number of carbonyl (C=O) groups is 1. The van der Waals surface area contributed by atoms with Gasteiger partial charge < -0.3 is 14.7 Å². The molecule has 1 spiro atoms. The zero-order valence-corrected chi connectivity index (χ0v) is 12.2. The van der Waals surface area contributed by atoms with Gasteiger partial charge in [-0.15, -0.1) is 0 Å². The molecule has 22 heavy (non-hydrogen) atoms. The van der Waals surface area contributed by atoms with Gasteiger partial charge in [-0.3, -0.25) is 4.79 Å². The van der Waals surface area contributed by atoms with E-state index in [1.54, 1.807) is 0 Å². The van der Waals surface area contributed by atoms with Gasteiger partial charge in [0.1, 0.15) is 17.2 Å². The van der Waals surface area contributed by atoms with E-state index in [4.69, 9.17) is 4.74 Å². The molecule has 2 aliphatic heterocycles. The molecular weight excluding hydrogens is 292 g/mol. The fraction of sp³-hybridized carbons (Fsp3) is 0.562. The zero-order valence-electron chi connectivity index (χ0n) is 12.2. The third-order valence-corrected chi connectivity index (χ3v) is 4.69. The Morgan fingerprint density at radius 3 is 2.50 bits per heavy atom. The maximum Gasteiger partial charge on any atom is 0.259 e. The molecule has 1 atom stereocenters. The largest absolute Gasteiger partial charge is 0.390 e. The average molecular weight is 311 g/mol. The van der Waals surface area contributed by atoms with Gasteiger partial charge in [0.05, 0.1) is 11.7 Å². The van der Waals surface area contributed by atoms with Crippen LogP contribution in [-0.4, -0.2) is 47.3 Å². The molecule has 0 saturated carbocycles. The molecule has 6 heteroatoms. The summed E-state index contributed by atoms with van der Waals surface area (Å²) in [5, 5.41) is 10.2. The molecule has 3 rings (SSSR count). The minimum Gasteiger partial charge on any atom is -0.390 e. The van der Waals surface area contributed by atoms with E-state index in [2.05, 4.69) is 0 Å². The van der Waals surface area contributed by atoms with E-state index < -0.39 is 34.8 Å². The number of rotatable bonds is 1. The lowest BCUT2D eigenvalue weighted by atomic mass is 9.82. The first-order chi connectivity index (χ1) is 10.5. The summed E-state index contributed by atoms with van der Waals surface area (Å²) in [6.07, 6.45) is 1.94. The number of halogens is 2. The van der Waals surface area contributed by atoms with E-state index in [0.29, 0.717) is 39.0 Å². The van der Waals surface area contributed by atoms with Gasteiger partial charge >= 0.3 is 0 Å². The van der Waals surface area contributed by atoms with Gasteiger partial charge in [0.2, 0.25) is 0 Å². The van der Waals surface area contributed by atoms with Crippen molar-refractivity contribution in [3.8, 4) is 0 Å². The molecule has 0 unspecified atom stereocenters. The number of amides is 1. The Bertz CT molecular complexity index is 550. The fourth-order valence-electron chi connectivity index (χ4n) is 3.34. The van der Waals surface area contributed by atoms with Crippen LogP contribution in [0.5, 0.6) is 0 Å². The van der Waals surface area contributed by atoms with Gasteiger partial charge in [-0.2, -0.15) is 0 Å². The second-order valence-corrected chi connectivity index (χ2v) is 5.96. The van der Waals surface area contributed by atoms with Crippen LogP contribution >= 0.6 is 0 Å². The molecule has 120 valence electrons. The Hall–Kier alpha value is -1.53. The first-order valence-electron chi connectivity index (χ1n) is 7.59. The maximum absolute atomic E-state index is 13.7. The van der Waals surface area contributed by atoms with Crippen molar-refractivity contribution >= 4 is 5.91 Å². The molecule has 0 bridgehead atoms. The summed E-state index contributed by atoms with van der Waals surface area (Å²) in [5.74, 6) is -2.34. The van der Waals surface area contributed by atoms with Crippen LogP contribution in [0.3, 0.4) is 0 Å². The predicted octanol–water partition coefficient (Wildman–Crippen LogP) is 2.11. The maximum atomic E-state index is 13.7. The van der Waals surface area contributed by atoms with Crippen LogP contribution < -0.4 is 0 Å². The van der Waals surface area contributed by atoms with Crippen LogP contribution in [0.25, 0.3) is 0 Å². The summed E-state index contributed by atoms with van der Waals surface area (Å²) in [7, 11) is 0. The lowest BCUT2D eigenvalue weighted by Crippen LogP contribution is -2.56. The van der Waals surface area contributed by atoms with Crippen LogP contribution in [0.15, 0.2) is 18.2 Å². The van der Waals surface area contributed by atoms with Crippen molar-refractivity contribution in [2.45, 2.75) is 37.4 Å². The first-order valence-corrected chi connectivity index (χ1v) is 7.59. The number of hydrogen-bond donors (Lipinski definition) is 1. The lowest BCUT2D eigenvalue weighted by Gasteiger charge is -2.46. The highest BCUT2D eigenvalue weighted by Gasteiger charge is 2.44. The van der Waals surface area contributed by atoms with Gasteiger partial charge in [-0.25, -0.2) is 8.78 Å². The monoisotopic (exact) mass is 311 g/mol. The van der Waals surface area contributed by atoms with E-state index in [1.165, 1.54) is 11.0 Å². The molecular formula is C16H19F2NO3. The summed E-state index contributed by atoms with van der Waals surface area (Å²) in [6, 6.07) is 3.39. The highest BCUT2D eigenvalue weighted by Crippen LogP contribution is 2.35. The van der Waals surface area contributed by atoms with Crippen LogP contribution in [0.1, 0.15) is 36.0 Å². The normalized spacial score (nSPS) is 24.5. The van der Waals surface area contributed by atoms with Crippen molar-refractivity contribution in [2.24, 2.45) is 0 Å². The summed E-state index contributed by atoms with van der Waals surface area (Å²) in [4.78, 5) is 13.8. The summed E-state index contributed by atoms with van der Waals surface area (Å²) in [6.45, 7) is 1.25. The molecule has 1 N–H and O–H groups in total. The topological polar surface area (TPSA) is 49.8 Å². The van der Waals surface area contributed by atoms with Crippen molar-refractivity contribution < 1.29 is 23.4 Å². The zero-order chi connectivity index (χ0) is 15.7. The van der Waals surface area contributed by atoms with E-state index in [-0.39, 0.29) is 0 Å². The Balaban J connectivity index is 1.72. The Morgan fingerprint density at radius 1 is 1.27 bits per heavy atom. The Labute approximate surface area is 127 Å². The van der Waals surface area contributed by atoms with Gasteiger partial charge in [0.15, 0.2) is 0 Å². The molecule has 1 aromatic carbocycles. The lowest BCUT2D eigenvalue weighted by molar-refractivity contribution is -0.174. The molecule has 0 radical (unpaired) electrons. The minimum absolute atomic E-state index is 0.323. The van der Waals surface area contributed by atoms with E-state index >= 15 is 0 Å². The fourth-order valence-corrected chi connectivity index (χ4v) is 3.34. The summed E-state index contributed by atoms with van der Waals surface area (Å²) < 4.78 is 33.2. The standard InChI is InChI=1S/C16H19F2NO3/c17-11-3-1-4-12(18)14(11)15(21)19-8-6-16(7-9-19)13(20)5-2-10-22-16/h1,3-4,13,20H,2,5-10H2/t13-/m1/s1. The number of piperidine rings is 1. The van der Waals surface area contributed by atoms with Gasteiger partial charge in [0, 0.05) is 19.7 Å². The number of ether oxygens (including phenoxy) is 1. The average Bonchev–Trinajstić information content (AvgIpc) is 2.51.